The lowest BCUT2D eigenvalue weighted by Gasteiger charge is -2.22. The fraction of sp³-hybridized carbons (Fsp3) is 0.455. The van der Waals surface area contributed by atoms with Crippen molar-refractivity contribution in [2.45, 2.75) is 12.0 Å². The number of hydrogen-bond acceptors (Lipinski definition) is 3. The molecule has 1 atom stereocenters. The summed E-state index contributed by atoms with van der Waals surface area (Å²) < 4.78 is 31.6. The van der Waals surface area contributed by atoms with Crippen LogP contribution in [0, 0.1) is 0 Å². The van der Waals surface area contributed by atoms with Crippen LogP contribution in [0.2, 0.25) is 0 Å². The van der Waals surface area contributed by atoms with E-state index in [4.69, 9.17) is 4.74 Å². The average molecular weight is 231 g/mol. The van der Waals surface area contributed by atoms with Crippen molar-refractivity contribution >= 4 is 0 Å². The summed E-state index contributed by atoms with van der Waals surface area (Å²) in [6, 6.07) is 5.92. The van der Waals surface area contributed by atoms with Crippen LogP contribution in [0.3, 0.4) is 0 Å². The number of aliphatic hydroxyl groups is 1. The van der Waals surface area contributed by atoms with Gasteiger partial charge in [0.05, 0.1) is 13.7 Å². The maximum absolute atomic E-state index is 13.3. The maximum Gasteiger partial charge on any atom is 0.289 e. The highest BCUT2D eigenvalue weighted by atomic mass is 19.3. The van der Waals surface area contributed by atoms with E-state index in [9.17, 15) is 13.9 Å². The van der Waals surface area contributed by atoms with Crippen LogP contribution in [0.4, 0.5) is 8.78 Å². The number of rotatable bonds is 5. The molecule has 1 aromatic rings. The van der Waals surface area contributed by atoms with Crippen LogP contribution in [-0.2, 0) is 0 Å². The third-order valence-corrected chi connectivity index (χ3v) is 2.24. The zero-order valence-corrected chi connectivity index (χ0v) is 9.21. The molecule has 1 rings (SSSR count). The fourth-order valence-electron chi connectivity index (χ4n) is 1.36. The molecule has 0 saturated carbocycles. The van der Waals surface area contributed by atoms with Gasteiger partial charge in [0, 0.05) is 0 Å². The number of ether oxygens (including phenoxy) is 1. The minimum absolute atomic E-state index is 0.168. The van der Waals surface area contributed by atoms with Crippen LogP contribution in [0.5, 0.6) is 5.75 Å². The number of nitrogens with one attached hydrogen (secondary N) is 1. The van der Waals surface area contributed by atoms with Crippen LogP contribution < -0.4 is 10.1 Å². The quantitative estimate of drug-likeness (QED) is 0.808. The molecular weight excluding hydrogens is 216 g/mol. The van der Waals surface area contributed by atoms with E-state index in [1.807, 2.05) is 0 Å². The number of alkyl halides is 2. The second-order valence-corrected chi connectivity index (χ2v) is 3.47. The molecule has 0 spiro atoms. The molecule has 1 unspecified atom stereocenters. The molecule has 0 aliphatic carbocycles. The van der Waals surface area contributed by atoms with Gasteiger partial charge in [-0.25, -0.2) is 8.78 Å². The van der Waals surface area contributed by atoms with Gasteiger partial charge in [0.15, 0.2) is 0 Å². The van der Waals surface area contributed by atoms with Crippen molar-refractivity contribution in [3.8, 4) is 5.75 Å². The van der Waals surface area contributed by atoms with E-state index >= 15 is 0 Å². The zero-order chi connectivity index (χ0) is 12.2. The molecule has 0 saturated heterocycles. The van der Waals surface area contributed by atoms with E-state index in [0.29, 0.717) is 5.75 Å². The molecule has 90 valence electrons. The Kier molecular flexibility index (Phi) is 4.20. The average Bonchev–Trinajstić information content (AvgIpc) is 2.28. The molecule has 0 amide bonds. The summed E-state index contributed by atoms with van der Waals surface area (Å²) in [6.07, 6.45) is -1.81. The van der Waals surface area contributed by atoms with E-state index in [2.05, 4.69) is 5.32 Å². The molecule has 0 aliphatic rings. The molecular formula is C11H15F2NO2. The van der Waals surface area contributed by atoms with Crippen molar-refractivity contribution in [1.82, 2.24) is 5.32 Å². The molecule has 2 N–H and O–H groups in total. The molecule has 1 aromatic carbocycles. The predicted molar refractivity (Wildman–Crippen MR) is 56.8 cm³/mol. The lowest BCUT2D eigenvalue weighted by Crippen LogP contribution is -2.36. The van der Waals surface area contributed by atoms with E-state index in [0.717, 1.165) is 0 Å². The topological polar surface area (TPSA) is 41.5 Å². The highest BCUT2D eigenvalue weighted by molar-refractivity contribution is 5.29. The lowest BCUT2D eigenvalue weighted by molar-refractivity contribution is -0.107. The molecule has 5 heteroatoms. The van der Waals surface area contributed by atoms with Gasteiger partial charge in [-0.2, -0.15) is 0 Å². The van der Waals surface area contributed by atoms with Gasteiger partial charge >= 0.3 is 0 Å². The Labute approximate surface area is 93.0 Å². The van der Waals surface area contributed by atoms with Crippen molar-refractivity contribution in [2.24, 2.45) is 0 Å². The number of halogens is 2. The van der Waals surface area contributed by atoms with Gasteiger partial charge in [0.25, 0.3) is 5.92 Å². The molecule has 16 heavy (non-hydrogen) atoms. The summed E-state index contributed by atoms with van der Waals surface area (Å²) >= 11 is 0. The normalized spacial score (nSPS) is 13.6. The van der Waals surface area contributed by atoms with E-state index < -0.39 is 18.6 Å². The van der Waals surface area contributed by atoms with Crippen LogP contribution in [0.1, 0.15) is 11.7 Å². The summed E-state index contributed by atoms with van der Waals surface area (Å²) in [7, 11) is 2.90. The SMILES string of the molecule is CNCC(F)(F)C(O)c1ccc(OC)cc1. The van der Waals surface area contributed by atoms with E-state index in [-0.39, 0.29) is 5.56 Å². The highest BCUT2D eigenvalue weighted by Gasteiger charge is 2.38. The van der Waals surface area contributed by atoms with Crippen molar-refractivity contribution in [2.75, 3.05) is 20.7 Å². The van der Waals surface area contributed by atoms with Crippen LogP contribution >= 0.6 is 0 Å². The minimum Gasteiger partial charge on any atom is -0.497 e. The predicted octanol–water partition coefficient (Wildman–Crippen LogP) is 1.58. The molecule has 0 radical (unpaired) electrons. The number of aliphatic hydroxyl groups excluding tert-OH is 1. The largest absolute Gasteiger partial charge is 0.497 e. The summed E-state index contributed by atoms with van der Waals surface area (Å²) in [6.45, 7) is -0.569. The van der Waals surface area contributed by atoms with Crippen molar-refractivity contribution < 1.29 is 18.6 Å². The van der Waals surface area contributed by atoms with Crippen molar-refractivity contribution in [1.29, 1.82) is 0 Å². The number of hydrogen-bond donors (Lipinski definition) is 2. The Balaban J connectivity index is 2.83. The van der Waals surface area contributed by atoms with Crippen molar-refractivity contribution in [3.05, 3.63) is 29.8 Å². The van der Waals surface area contributed by atoms with E-state index in [1.54, 1.807) is 0 Å². The second-order valence-electron chi connectivity index (χ2n) is 3.47. The molecule has 3 nitrogen and oxygen atoms in total. The van der Waals surface area contributed by atoms with Gasteiger partial charge in [-0.3, -0.25) is 0 Å². The third-order valence-electron chi connectivity index (χ3n) is 2.24. The molecule has 0 heterocycles. The molecule has 0 bridgehead atoms. The summed E-state index contributed by atoms with van der Waals surface area (Å²) in [5.41, 5.74) is 0.168. The third kappa shape index (κ3) is 2.90. The Bertz CT molecular complexity index is 327. The molecule has 0 aliphatic heterocycles. The van der Waals surface area contributed by atoms with Crippen LogP contribution in [0.25, 0.3) is 0 Å². The monoisotopic (exact) mass is 231 g/mol. The maximum atomic E-state index is 13.3. The van der Waals surface area contributed by atoms with Gasteiger partial charge in [-0.1, -0.05) is 12.1 Å². The van der Waals surface area contributed by atoms with Crippen molar-refractivity contribution in [3.63, 3.8) is 0 Å². The zero-order valence-electron chi connectivity index (χ0n) is 9.21. The Morgan fingerprint density at radius 2 is 1.94 bits per heavy atom. The van der Waals surface area contributed by atoms with E-state index in [1.165, 1.54) is 38.4 Å². The summed E-state index contributed by atoms with van der Waals surface area (Å²) in [5, 5.41) is 11.9. The molecule has 0 fully saturated rings. The van der Waals surface area contributed by atoms with Gasteiger partial charge in [-0.05, 0) is 24.7 Å². The Hall–Kier alpha value is -1.20. The first-order chi connectivity index (χ1) is 7.51. The minimum atomic E-state index is -3.19. The van der Waals surface area contributed by atoms with Gasteiger partial charge in [-0.15, -0.1) is 0 Å². The standard InChI is InChI=1S/C11H15F2NO2/c1-14-7-11(12,13)10(15)8-3-5-9(16-2)6-4-8/h3-6,10,14-15H,7H2,1-2H3. The number of methoxy groups -OCH3 is 1. The second kappa shape index (κ2) is 5.23. The first-order valence-corrected chi connectivity index (χ1v) is 4.85. The smallest absolute Gasteiger partial charge is 0.289 e. The van der Waals surface area contributed by atoms with Gasteiger partial charge in [0.2, 0.25) is 0 Å². The molecule has 0 aromatic heterocycles. The summed E-state index contributed by atoms with van der Waals surface area (Å²) in [5.74, 6) is -2.63. The van der Waals surface area contributed by atoms with Gasteiger partial charge < -0.3 is 15.2 Å². The highest BCUT2D eigenvalue weighted by Crippen LogP contribution is 2.31. The summed E-state index contributed by atoms with van der Waals surface area (Å²) in [4.78, 5) is 0. The Morgan fingerprint density at radius 3 is 2.38 bits per heavy atom. The first-order valence-electron chi connectivity index (χ1n) is 4.85. The van der Waals surface area contributed by atoms with Gasteiger partial charge in [0.1, 0.15) is 11.9 Å². The lowest BCUT2D eigenvalue weighted by atomic mass is 10.0. The Morgan fingerprint density at radius 1 is 1.38 bits per heavy atom. The first kappa shape index (κ1) is 12.9. The number of benzene rings is 1. The van der Waals surface area contributed by atoms with Crippen LogP contribution in [0.15, 0.2) is 24.3 Å². The fourth-order valence-corrected chi connectivity index (χ4v) is 1.36. The van der Waals surface area contributed by atoms with Crippen LogP contribution in [-0.4, -0.2) is 31.7 Å².